The minimum absolute atomic E-state index is 0.274. The van der Waals surface area contributed by atoms with Crippen LogP contribution in [-0.2, 0) is 0 Å². The number of nitrogens with one attached hydrogen (secondary N) is 1. The quantitative estimate of drug-likeness (QED) is 0.699. The van der Waals surface area contributed by atoms with Crippen LogP contribution < -0.4 is 5.32 Å². The van der Waals surface area contributed by atoms with Crippen LogP contribution in [0.5, 0.6) is 0 Å². The molecular weight excluding hydrogens is 290 g/mol. The number of thiophene rings is 1. The number of benzene rings is 1. The maximum absolute atomic E-state index is 5.95. The summed E-state index contributed by atoms with van der Waals surface area (Å²) in [5.41, 5.74) is 4.88. The lowest BCUT2D eigenvalue weighted by Crippen LogP contribution is -1.95. The lowest BCUT2D eigenvalue weighted by Gasteiger charge is -2.08. The van der Waals surface area contributed by atoms with Crippen molar-refractivity contribution in [1.29, 1.82) is 0 Å². The predicted octanol–water partition coefficient (Wildman–Crippen LogP) is 4.67. The fourth-order valence-corrected chi connectivity index (χ4v) is 3.57. The first kappa shape index (κ1) is 13.3. The van der Waals surface area contributed by atoms with Gasteiger partial charge in [-0.25, -0.2) is 9.97 Å². The molecule has 0 saturated carbocycles. The van der Waals surface area contributed by atoms with Crippen LogP contribution in [0, 0.1) is 13.8 Å². The van der Waals surface area contributed by atoms with Crippen molar-refractivity contribution in [2.24, 2.45) is 0 Å². The molecule has 0 amide bonds. The van der Waals surface area contributed by atoms with Gasteiger partial charge in [0.1, 0.15) is 10.6 Å². The fourth-order valence-electron chi connectivity index (χ4n) is 2.41. The van der Waals surface area contributed by atoms with Crippen molar-refractivity contribution < 1.29 is 0 Å². The van der Waals surface area contributed by atoms with E-state index in [1.807, 2.05) is 7.05 Å². The zero-order valence-corrected chi connectivity index (χ0v) is 13.1. The fraction of sp³-hybridized carbons (Fsp3) is 0.200. The number of aromatic nitrogens is 2. The Balaban J connectivity index is 2.32. The Morgan fingerprint density at radius 2 is 1.95 bits per heavy atom. The minimum atomic E-state index is 0.274. The molecule has 0 bridgehead atoms. The first-order chi connectivity index (χ1) is 9.60. The molecule has 1 N–H and O–H groups in total. The molecule has 0 unspecified atom stereocenters. The minimum Gasteiger partial charge on any atom is -0.372 e. The van der Waals surface area contributed by atoms with Crippen LogP contribution in [0.2, 0.25) is 5.28 Å². The van der Waals surface area contributed by atoms with E-state index in [2.05, 4.69) is 52.7 Å². The van der Waals surface area contributed by atoms with Gasteiger partial charge in [0, 0.05) is 18.0 Å². The molecule has 0 aliphatic rings. The first-order valence-electron chi connectivity index (χ1n) is 6.30. The van der Waals surface area contributed by atoms with Crippen molar-refractivity contribution >= 4 is 39.0 Å². The van der Waals surface area contributed by atoms with Crippen molar-refractivity contribution in [3.05, 3.63) is 40.0 Å². The third-order valence-corrected chi connectivity index (χ3v) is 4.36. The van der Waals surface area contributed by atoms with E-state index < -0.39 is 0 Å². The Hall–Kier alpha value is -1.65. The maximum atomic E-state index is 5.95. The van der Waals surface area contributed by atoms with E-state index in [1.165, 1.54) is 16.7 Å². The van der Waals surface area contributed by atoms with Crippen LogP contribution in [0.15, 0.2) is 23.6 Å². The molecule has 3 nitrogen and oxygen atoms in total. The molecule has 3 rings (SSSR count). The number of nitrogens with zero attached hydrogens (tertiary/aromatic N) is 2. The second kappa shape index (κ2) is 5.04. The van der Waals surface area contributed by atoms with Gasteiger partial charge >= 0.3 is 0 Å². The number of fused-ring (bicyclic) bond motifs is 1. The van der Waals surface area contributed by atoms with Gasteiger partial charge < -0.3 is 5.32 Å². The zero-order chi connectivity index (χ0) is 14.3. The topological polar surface area (TPSA) is 37.8 Å². The molecule has 0 saturated heterocycles. The van der Waals surface area contributed by atoms with E-state index in [0.717, 1.165) is 21.6 Å². The summed E-state index contributed by atoms with van der Waals surface area (Å²) in [5, 5.41) is 6.54. The summed E-state index contributed by atoms with van der Waals surface area (Å²) < 4.78 is 0. The highest BCUT2D eigenvalue weighted by molar-refractivity contribution is 7.17. The molecule has 5 heteroatoms. The van der Waals surface area contributed by atoms with Gasteiger partial charge in [-0.15, -0.1) is 11.3 Å². The van der Waals surface area contributed by atoms with Gasteiger partial charge in [0.15, 0.2) is 0 Å². The number of rotatable bonds is 2. The molecular formula is C15H14ClN3S. The highest BCUT2D eigenvalue weighted by Gasteiger charge is 2.15. The molecule has 3 aromatic rings. The Morgan fingerprint density at radius 1 is 1.15 bits per heavy atom. The van der Waals surface area contributed by atoms with Gasteiger partial charge in [-0.1, -0.05) is 23.8 Å². The summed E-state index contributed by atoms with van der Waals surface area (Å²) in [4.78, 5) is 9.49. The van der Waals surface area contributed by atoms with E-state index in [0.29, 0.717) is 0 Å². The summed E-state index contributed by atoms with van der Waals surface area (Å²) in [5.74, 6) is 0.774. The maximum Gasteiger partial charge on any atom is 0.225 e. The standard InChI is InChI=1S/C15H14ClN3S/c1-8-4-5-10(9(2)6-8)11-7-20-14-12(11)13(17-3)18-15(16)19-14/h4-7H,1-3H3,(H,17,18,19). The SMILES string of the molecule is CNc1nc(Cl)nc2scc(-c3ccc(C)cc3C)c12. The molecule has 0 radical (unpaired) electrons. The first-order valence-corrected chi connectivity index (χ1v) is 7.56. The monoisotopic (exact) mass is 303 g/mol. The van der Waals surface area contributed by atoms with Gasteiger partial charge in [-0.05, 0) is 36.6 Å². The summed E-state index contributed by atoms with van der Waals surface area (Å²) in [6, 6.07) is 6.47. The second-order valence-corrected chi connectivity index (χ2v) is 5.94. The van der Waals surface area contributed by atoms with Crippen molar-refractivity contribution in [3.8, 4) is 11.1 Å². The smallest absolute Gasteiger partial charge is 0.225 e. The average molecular weight is 304 g/mol. The van der Waals surface area contributed by atoms with Gasteiger partial charge in [0.05, 0.1) is 5.39 Å². The van der Waals surface area contributed by atoms with E-state index in [-0.39, 0.29) is 5.28 Å². The summed E-state index contributed by atoms with van der Waals surface area (Å²) in [6.45, 7) is 4.23. The molecule has 0 fully saturated rings. The van der Waals surface area contributed by atoms with Gasteiger partial charge in [-0.2, -0.15) is 0 Å². The van der Waals surface area contributed by atoms with E-state index in [4.69, 9.17) is 11.6 Å². The lowest BCUT2D eigenvalue weighted by molar-refractivity contribution is 1.22. The van der Waals surface area contributed by atoms with Gasteiger partial charge in [0.2, 0.25) is 5.28 Å². The average Bonchev–Trinajstić information content (AvgIpc) is 2.81. The van der Waals surface area contributed by atoms with Crippen molar-refractivity contribution in [3.63, 3.8) is 0 Å². The van der Waals surface area contributed by atoms with Crippen LogP contribution >= 0.6 is 22.9 Å². The van der Waals surface area contributed by atoms with E-state index >= 15 is 0 Å². The van der Waals surface area contributed by atoms with Gasteiger partial charge in [0.25, 0.3) is 0 Å². The number of hydrogen-bond donors (Lipinski definition) is 1. The molecule has 0 atom stereocenters. The largest absolute Gasteiger partial charge is 0.372 e. The normalized spacial score (nSPS) is 11.0. The van der Waals surface area contributed by atoms with Gasteiger partial charge in [-0.3, -0.25) is 0 Å². The van der Waals surface area contributed by atoms with Crippen LogP contribution in [-0.4, -0.2) is 17.0 Å². The third kappa shape index (κ3) is 2.15. The molecule has 2 aromatic heterocycles. The number of aryl methyl sites for hydroxylation is 2. The number of anilines is 1. The Labute approximate surface area is 126 Å². The highest BCUT2D eigenvalue weighted by atomic mass is 35.5. The number of halogens is 1. The Kier molecular flexibility index (Phi) is 3.36. The van der Waals surface area contributed by atoms with Crippen LogP contribution in [0.4, 0.5) is 5.82 Å². The molecule has 1 aromatic carbocycles. The molecule has 20 heavy (non-hydrogen) atoms. The third-order valence-electron chi connectivity index (χ3n) is 3.32. The molecule has 0 aliphatic heterocycles. The lowest BCUT2D eigenvalue weighted by atomic mass is 9.99. The number of hydrogen-bond acceptors (Lipinski definition) is 4. The van der Waals surface area contributed by atoms with E-state index in [1.54, 1.807) is 11.3 Å². The summed E-state index contributed by atoms with van der Waals surface area (Å²) in [7, 11) is 1.85. The van der Waals surface area contributed by atoms with E-state index in [9.17, 15) is 0 Å². The van der Waals surface area contributed by atoms with Crippen molar-refractivity contribution in [2.45, 2.75) is 13.8 Å². The molecule has 0 spiro atoms. The van der Waals surface area contributed by atoms with Crippen LogP contribution in [0.25, 0.3) is 21.3 Å². The molecule has 102 valence electrons. The van der Waals surface area contributed by atoms with Crippen LogP contribution in [0.1, 0.15) is 11.1 Å². The Morgan fingerprint density at radius 3 is 2.65 bits per heavy atom. The van der Waals surface area contributed by atoms with Crippen molar-refractivity contribution in [1.82, 2.24) is 9.97 Å². The highest BCUT2D eigenvalue weighted by Crippen LogP contribution is 2.38. The summed E-state index contributed by atoms with van der Waals surface area (Å²) in [6.07, 6.45) is 0. The summed E-state index contributed by atoms with van der Waals surface area (Å²) >= 11 is 7.54. The second-order valence-electron chi connectivity index (χ2n) is 4.74. The van der Waals surface area contributed by atoms with Crippen molar-refractivity contribution in [2.75, 3.05) is 12.4 Å². The zero-order valence-electron chi connectivity index (χ0n) is 11.5. The molecule has 0 aliphatic carbocycles. The molecule has 2 heterocycles. The van der Waals surface area contributed by atoms with Crippen LogP contribution in [0.3, 0.4) is 0 Å². The predicted molar refractivity (Wildman–Crippen MR) is 86.9 cm³/mol. The Bertz CT molecular complexity index is 795.